The smallest absolute Gasteiger partial charge is 0.416 e. The number of alkyl halides is 3. The molecule has 0 radical (unpaired) electrons. The van der Waals surface area contributed by atoms with Crippen LogP contribution in [-0.2, 0) is 25.7 Å². The van der Waals surface area contributed by atoms with Crippen LogP contribution in [0.1, 0.15) is 44.1 Å². The van der Waals surface area contributed by atoms with Crippen molar-refractivity contribution in [3.63, 3.8) is 0 Å². The second-order valence-corrected chi connectivity index (χ2v) is 8.83. The van der Waals surface area contributed by atoms with Gasteiger partial charge in [-0.05, 0) is 62.3 Å². The summed E-state index contributed by atoms with van der Waals surface area (Å²) in [6, 6.07) is 3.36. The number of rotatable bonds is 6. The lowest BCUT2D eigenvalue weighted by molar-refractivity contribution is -0.141. The van der Waals surface area contributed by atoms with E-state index >= 15 is 0 Å². The van der Waals surface area contributed by atoms with Gasteiger partial charge >= 0.3 is 12.1 Å². The van der Waals surface area contributed by atoms with Crippen LogP contribution in [0, 0.1) is 5.92 Å². The number of ether oxygens (including phenoxy) is 1. The van der Waals surface area contributed by atoms with Crippen LogP contribution < -0.4 is 0 Å². The Morgan fingerprint density at radius 1 is 1.15 bits per heavy atom. The van der Waals surface area contributed by atoms with Crippen molar-refractivity contribution in [3.8, 4) is 0 Å². The molecule has 0 aromatic heterocycles. The van der Waals surface area contributed by atoms with Gasteiger partial charge in [-0.15, -0.1) is 0 Å². The molecule has 9 heteroatoms. The van der Waals surface area contributed by atoms with Crippen molar-refractivity contribution in [1.29, 1.82) is 0 Å². The molecule has 1 aromatic carbocycles. The Labute approximate surface area is 157 Å². The largest absolute Gasteiger partial charge is 0.469 e. The van der Waals surface area contributed by atoms with Crippen LogP contribution in [-0.4, -0.2) is 38.9 Å². The summed E-state index contributed by atoms with van der Waals surface area (Å²) >= 11 is 0. The number of halogens is 3. The molecule has 0 saturated heterocycles. The SMILES string of the molecule is COC(=O)CCC1CCC(N(C)S(=O)(=O)c2ccc(C(F)(F)F)cc2)CC1. The van der Waals surface area contributed by atoms with E-state index in [4.69, 9.17) is 0 Å². The van der Waals surface area contributed by atoms with Crippen LogP contribution in [0.4, 0.5) is 13.2 Å². The summed E-state index contributed by atoms with van der Waals surface area (Å²) in [5.74, 6) is 0.0987. The van der Waals surface area contributed by atoms with Gasteiger partial charge in [0.15, 0.2) is 0 Å². The third kappa shape index (κ3) is 5.44. The molecule has 152 valence electrons. The molecule has 1 aliphatic carbocycles. The number of sulfonamides is 1. The van der Waals surface area contributed by atoms with E-state index in [0.717, 1.165) is 43.5 Å². The first-order chi connectivity index (χ1) is 12.6. The van der Waals surface area contributed by atoms with Gasteiger partial charge in [0.25, 0.3) is 0 Å². The Balaban J connectivity index is 1.98. The summed E-state index contributed by atoms with van der Waals surface area (Å²) in [5, 5.41) is 0. The average Bonchev–Trinajstić information content (AvgIpc) is 2.65. The molecule has 0 bridgehead atoms. The summed E-state index contributed by atoms with van der Waals surface area (Å²) in [7, 11) is -1.04. The number of methoxy groups -OCH3 is 1. The quantitative estimate of drug-likeness (QED) is 0.672. The Hall–Kier alpha value is -1.61. The molecular formula is C18H24F3NO4S. The highest BCUT2D eigenvalue weighted by Crippen LogP contribution is 2.33. The van der Waals surface area contributed by atoms with Crippen molar-refractivity contribution in [3.05, 3.63) is 29.8 Å². The van der Waals surface area contributed by atoms with E-state index < -0.39 is 21.8 Å². The Morgan fingerprint density at radius 2 is 1.70 bits per heavy atom. The number of carbonyl (C=O) groups excluding carboxylic acids is 1. The molecule has 0 N–H and O–H groups in total. The Bertz CT molecular complexity index is 739. The molecule has 0 spiro atoms. The number of hydrogen-bond acceptors (Lipinski definition) is 4. The van der Waals surface area contributed by atoms with Crippen LogP contribution in [0.15, 0.2) is 29.2 Å². The standard InChI is InChI=1S/C18H24F3NO4S/c1-22(15-8-3-13(4-9-15)5-12-17(23)26-2)27(24,25)16-10-6-14(7-11-16)18(19,20)21/h6-7,10-11,13,15H,3-5,8-9,12H2,1-2H3. The maximum atomic E-state index is 12.7. The fourth-order valence-electron chi connectivity index (χ4n) is 3.40. The highest BCUT2D eigenvalue weighted by atomic mass is 32.2. The first kappa shape index (κ1) is 21.7. The van der Waals surface area contributed by atoms with Crippen molar-refractivity contribution in [2.24, 2.45) is 5.92 Å². The lowest BCUT2D eigenvalue weighted by atomic mass is 9.83. The van der Waals surface area contributed by atoms with Crippen LogP contribution in [0.2, 0.25) is 0 Å². The molecule has 0 aliphatic heterocycles. The Morgan fingerprint density at radius 3 is 2.19 bits per heavy atom. The molecule has 0 atom stereocenters. The summed E-state index contributed by atoms with van der Waals surface area (Å²) in [6.45, 7) is 0. The summed E-state index contributed by atoms with van der Waals surface area (Å²) in [4.78, 5) is 11.1. The molecule has 0 heterocycles. The van der Waals surface area contributed by atoms with Crippen molar-refractivity contribution in [2.75, 3.05) is 14.2 Å². The normalized spacial score (nSPS) is 21.3. The average molecular weight is 407 g/mol. The van der Waals surface area contributed by atoms with Gasteiger partial charge in [-0.1, -0.05) is 0 Å². The minimum atomic E-state index is -4.50. The molecule has 1 fully saturated rings. The molecule has 1 aromatic rings. The van der Waals surface area contributed by atoms with Gasteiger partial charge in [-0.25, -0.2) is 8.42 Å². The van der Waals surface area contributed by atoms with Crippen LogP contribution >= 0.6 is 0 Å². The number of benzene rings is 1. The summed E-state index contributed by atoms with van der Waals surface area (Å²) in [6.07, 6.45) is -0.523. The monoisotopic (exact) mass is 407 g/mol. The third-order valence-corrected chi connectivity index (χ3v) is 7.10. The van der Waals surface area contributed by atoms with Gasteiger partial charge in [0.05, 0.1) is 17.6 Å². The van der Waals surface area contributed by atoms with Crippen molar-refractivity contribution in [2.45, 2.75) is 55.6 Å². The molecule has 0 amide bonds. The Kier molecular flexibility index (Phi) is 6.91. The van der Waals surface area contributed by atoms with E-state index in [0.29, 0.717) is 25.2 Å². The van der Waals surface area contributed by atoms with E-state index in [2.05, 4.69) is 4.74 Å². The zero-order valence-corrected chi connectivity index (χ0v) is 16.1. The lowest BCUT2D eigenvalue weighted by Gasteiger charge is -2.34. The van der Waals surface area contributed by atoms with Crippen LogP contribution in [0.5, 0.6) is 0 Å². The van der Waals surface area contributed by atoms with Gasteiger partial charge in [-0.2, -0.15) is 17.5 Å². The molecule has 2 rings (SSSR count). The molecule has 27 heavy (non-hydrogen) atoms. The molecular weight excluding hydrogens is 383 g/mol. The van der Waals surface area contributed by atoms with E-state index in [9.17, 15) is 26.4 Å². The van der Waals surface area contributed by atoms with Crippen molar-refractivity contribution < 1.29 is 31.1 Å². The van der Waals surface area contributed by atoms with Crippen molar-refractivity contribution in [1.82, 2.24) is 4.31 Å². The molecule has 1 aliphatic rings. The minimum Gasteiger partial charge on any atom is -0.469 e. The molecule has 1 saturated carbocycles. The topological polar surface area (TPSA) is 63.7 Å². The molecule has 0 unspecified atom stereocenters. The minimum absolute atomic E-state index is 0.147. The lowest BCUT2D eigenvalue weighted by Crippen LogP contribution is -2.39. The maximum absolute atomic E-state index is 12.7. The first-order valence-electron chi connectivity index (χ1n) is 8.78. The van der Waals surface area contributed by atoms with Gasteiger partial charge < -0.3 is 4.74 Å². The predicted molar refractivity (Wildman–Crippen MR) is 93.4 cm³/mol. The second kappa shape index (κ2) is 8.60. The van der Waals surface area contributed by atoms with E-state index in [1.165, 1.54) is 18.5 Å². The fraction of sp³-hybridized carbons (Fsp3) is 0.611. The zero-order valence-electron chi connectivity index (χ0n) is 15.3. The fourth-order valence-corrected chi connectivity index (χ4v) is 4.82. The number of carbonyl (C=O) groups is 1. The highest BCUT2D eigenvalue weighted by Gasteiger charge is 2.33. The highest BCUT2D eigenvalue weighted by molar-refractivity contribution is 7.89. The number of hydrogen-bond donors (Lipinski definition) is 0. The van der Waals surface area contributed by atoms with Gasteiger partial charge in [0.2, 0.25) is 10.0 Å². The van der Waals surface area contributed by atoms with Gasteiger partial charge in [-0.3, -0.25) is 4.79 Å². The van der Waals surface area contributed by atoms with Crippen LogP contribution in [0.3, 0.4) is 0 Å². The maximum Gasteiger partial charge on any atom is 0.416 e. The van der Waals surface area contributed by atoms with Crippen molar-refractivity contribution >= 4 is 16.0 Å². The number of esters is 1. The first-order valence-corrected chi connectivity index (χ1v) is 10.2. The summed E-state index contributed by atoms with van der Waals surface area (Å²) in [5.41, 5.74) is -0.879. The third-order valence-electron chi connectivity index (χ3n) is 5.17. The number of nitrogens with zero attached hydrogens (tertiary/aromatic N) is 1. The van der Waals surface area contributed by atoms with E-state index in [-0.39, 0.29) is 16.9 Å². The van der Waals surface area contributed by atoms with Crippen LogP contribution in [0.25, 0.3) is 0 Å². The predicted octanol–water partition coefficient (Wildman–Crippen LogP) is 3.84. The zero-order chi connectivity index (χ0) is 20.2. The van der Waals surface area contributed by atoms with E-state index in [1.54, 1.807) is 0 Å². The van der Waals surface area contributed by atoms with Gasteiger partial charge in [0.1, 0.15) is 0 Å². The van der Waals surface area contributed by atoms with Gasteiger partial charge in [0, 0.05) is 19.5 Å². The van der Waals surface area contributed by atoms with E-state index in [1.807, 2.05) is 0 Å². The summed E-state index contributed by atoms with van der Waals surface area (Å²) < 4.78 is 69.3. The second-order valence-electron chi connectivity index (χ2n) is 6.83. The molecule has 5 nitrogen and oxygen atoms in total.